The van der Waals surface area contributed by atoms with Crippen LogP contribution in [-0.4, -0.2) is 31.6 Å². The van der Waals surface area contributed by atoms with E-state index in [4.69, 9.17) is 4.74 Å². The van der Waals surface area contributed by atoms with Crippen LogP contribution in [0.5, 0.6) is 0 Å². The number of hydrogen-bond acceptors (Lipinski definition) is 3. The molecule has 3 atom stereocenters. The van der Waals surface area contributed by atoms with Crippen LogP contribution in [0, 0.1) is 12.8 Å². The van der Waals surface area contributed by atoms with Crippen molar-refractivity contribution < 1.29 is 14.6 Å². The molecule has 0 bridgehead atoms. The van der Waals surface area contributed by atoms with Crippen molar-refractivity contribution in [3.8, 4) is 0 Å². The van der Waals surface area contributed by atoms with Gasteiger partial charge in [0.05, 0.1) is 0 Å². The first-order chi connectivity index (χ1) is 13.2. The molecule has 0 fully saturated rings. The molecule has 1 N–H and O–H groups in total. The van der Waals surface area contributed by atoms with Crippen molar-refractivity contribution in [1.29, 1.82) is 0 Å². The first kappa shape index (κ1) is 22.7. The molecule has 3 nitrogen and oxygen atoms in total. The van der Waals surface area contributed by atoms with E-state index >= 15 is 0 Å². The van der Waals surface area contributed by atoms with Crippen molar-refractivity contribution in [1.82, 2.24) is 0 Å². The minimum atomic E-state index is -0.877. The van der Waals surface area contributed by atoms with E-state index in [1.165, 1.54) is 4.46 Å². The fourth-order valence-electron chi connectivity index (χ4n) is 3.09. The maximum atomic E-state index is 13.2. The van der Waals surface area contributed by atoms with Crippen LogP contribution in [-0.2, 0) is 9.53 Å². The second kappa shape index (κ2) is 10.2. The van der Waals surface area contributed by atoms with Gasteiger partial charge in [-0.05, 0) is 0 Å². The summed E-state index contributed by atoms with van der Waals surface area (Å²) in [7, 11) is 0. The monoisotopic (exact) mass is 448 g/mol. The zero-order valence-corrected chi connectivity index (χ0v) is 19.2. The standard InChI is InChI=1S/C24H32O3Se/c1-6-10-20(28-19-11-8-7-9-12-19)21(23(26)27-24(3,4)5)22(25)18-15-13-17(2)14-16-18/h7-9,11-16,20-22,25H,6,10H2,1-5H3/t20-,21+,22+/m1/s1. The minimum absolute atomic E-state index is 0.0600. The normalized spacial score (nSPS) is 14.9. The van der Waals surface area contributed by atoms with Gasteiger partial charge in [0.15, 0.2) is 0 Å². The van der Waals surface area contributed by atoms with Crippen molar-refractivity contribution in [2.45, 2.75) is 64.0 Å². The van der Waals surface area contributed by atoms with Gasteiger partial charge in [0, 0.05) is 0 Å². The Balaban J connectivity index is 2.38. The van der Waals surface area contributed by atoms with Gasteiger partial charge in [-0.1, -0.05) is 0 Å². The predicted molar refractivity (Wildman–Crippen MR) is 116 cm³/mol. The van der Waals surface area contributed by atoms with Crippen LogP contribution < -0.4 is 4.46 Å². The molecule has 0 saturated heterocycles. The van der Waals surface area contributed by atoms with E-state index in [0.29, 0.717) is 0 Å². The molecular weight excluding hydrogens is 415 g/mol. The molecule has 0 aliphatic heterocycles. The molecule has 0 aliphatic rings. The summed E-state index contributed by atoms with van der Waals surface area (Å²) in [6, 6.07) is 18.0. The number of esters is 1. The van der Waals surface area contributed by atoms with E-state index in [2.05, 4.69) is 19.1 Å². The zero-order chi connectivity index (χ0) is 20.7. The summed E-state index contributed by atoms with van der Waals surface area (Å²) < 4.78 is 6.98. The van der Waals surface area contributed by atoms with Crippen LogP contribution in [0.3, 0.4) is 0 Å². The molecule has 152 valence electrons. The Hall–Kier alpha value is -1.61. The molecule has 0 aliphatic carbocycles. The van der Waals surface area contributed by atoms with Gasteiger partial charge in [0.2, 0.25) is 0 Å². The molecule has 0 spiro atoms. The van der Waals surface area contributed by atoms with Crippen LogP contribution in [0.1, 0.15) is 57.8 Å². The van der Waals surface area contributed by atoms with Crippen LogP contribution in [0.25, 0.3) is 0 Å². The summed E-state index contributed by atoms with van der Waals surface area (Å²) in [5.74, 6) is -0.890. The van der Waals surface area contributed by atoms with Crippen molar-refractivity contribution in [2.24, 2.45) is 5.92 Å². The Bertz CT molecular complexity index is 735. The molecule has 0 unspecified atom stereocenters. The number of aliphatic hydroxyl groups is 1. The first-order valence-corrected chi connectivity index (χ1v) is 11.7. The predicted octanol–water partition coefficient (Wildman–Crippen LogP) is 4.60. The number of benzene rings is 2. The Morgan fingerprint density at radius 1 is 1.07 bits per heavy atom. The first-order valence-electron chi connectivity index (χ1n) is 9.90. The van der Waals surface area contributed by atoms with Gasteiger partial charge in [-0.2, -0.15) is 0 Å². The number of hydrogen-bond donors (Lipinski definition) is 1. The van der Waals surface area contributed by atoms with Gasteiger partial charge in [-0.25, -0.2) is 0 Å². The van der Waals surface area contributed by atoms with Gasteiger partial charge >= 0.3 is 176 Å². The maximum absolute atomic E-state index is 13.2. The molecule has 0 amide bonds. The fourth-order valence-corrected chi connectivity index (χ4v) is 6.08. The number of carbonyl (C=O) groups is 1. The Morgan fingerprint density at radius 3 is 2.21 bits per heavy atom. The summed E-state index contributed by atoms with van der Waals surface area (Å²) in [6.07, 6.45) is 0.957. The molecule has 2 aromatic carbocycles. The topological polar surface area (TPSA) is 46.5 Å². The molecule has 4 heteroatoms. The van der Waals surface area contributed by atoms with Crippen LogP contribution >= 0.6 is 0 Å². The van der Waals surface area contributed by atoms with Gasteiger partial charge in [0.25, 0.3) is 0 Å². The van der Waals surface area contributed by atoms with E-state index in [9.17, 15) is 9.90 Å². The van der Waals surface area contributed by atoms with E-state index in [0.717, 1.165) is 24.0 Å². The Labute approximate surface area is 175 Å². The number of aliphatic hydroxyl groups excluding tert-OH is 1. The molecule has 0 radical (unpaired) electrons. The van der Waals surface area contributed by atoms with Crippen molar-refractivity contribution in [3.63, 3.8) is 0 Å². The summed E-state index contributed by atoms with van der Waals surface area (Å²) >= 11 is 0.0600. The van der Waals surface area contributed by atoms with Gasteiger partial charge in [-0.3, -0.25) is 0 Å². The van der Waals surface area contributed by atoms with Gasteiger partial charge in [-0.15, -0.1) is 0 Å². The Morgan fingerprint density at radius 2 is 1.68 bits per heavy atom. The van der Waals surface area contributed by atoms with Crippen LogP contribution in [0.4, 0.5) is 0 Å². The molecule has 28 heavy (non-hydrogen) atoms. The third-order valence-corrected chi connectivity index (χ3v) is 7.33. The summed E-state index contributed by atoms with van der Waals surface area (Å²) in [6.45, 7) is 9.75. The zero-order valence-electron chi connectivity index (χ0n) is 17.5. The second-order valence-electron chi connectivity index (χ2n) is 8.17. The number of aryl methyl sites for hydroxylation is 1. The van der Waals surface area contributed by atoms with E-state index in [1.807, 2.05) is 70.2 Å². The summed E-state index contributed by atoms with van der Waals surface area (Å²) in [5.41, 5.74) is 1.31. The van der Waals surface area contributed by atoms with E-state index in [1.54, 1.807) is 0 Å². The van der Waals surface area contributed by atoms with Gasteiger partial charge < -0.3 is 0 Å². The number of ether oxygens (including phenoxy) is 1. The Kier molecular flexibility index (Phi) is 8.30. The van der Waals surface area contributed by atoms with Gasteiger partial charge in [0.1, 0.15) is 0 Å². The number of rotatable bonds is 8. The molecular formula is C24H32O3Se. The van der Waals surface area contributed by atoms with E-state index in [-0.39, 0.29) is 25.7 Å². The van der Waals surface area contributed by atoms with Crippen molar-refractivity contribution in [2.75, 3.05) is 0 Å². The summed E-state index contributed by atoms with van der Waals surface area (Å²) in [4.78, 5) is 13.2. The molecule has 0 aromatic heterocycles. The average molecular weight is 447 g/mol. The third-order valence-electron chi connectivity index (χ3n) is 4.44. The number of carbonyl (C=O) groups excluding carboxylic acids is 1. The second-order valence-corrected chi connectivity index (χ2v) is 10.9. The average Bonchev–Trinajstić information content (AvgIpc) is 2.62. The van der Waals surface area contributed by atoms with E-state index < -0.39 is 17.6 Å². The molecule has 2 rings (SSSR count). The molecule has 0 heterocycles. The van der Waals surface area contributed by atoms with Crippen molar-refractivity contribution in [3.05, 3.63) is 65.7 Å². The molecule has 2 aromatic rings. The van der Waals surface area contributed by atoms with Crippen LogP contribution in [0.2, 0.25) is 4.82 Å². The van der Waals surface area contributed by atoms with Crippen molar-refractivity contribution >= 4 is 25.4 Å². The van der Waals surface area contributed by atoms with Crippen LogP contribution in [0.15, 0.2) is 54.6 Å². The SMILES string of the molecule is CCC[C@@H]([Se]c1ccccc1)[C@H](C(=O)OC(C)(C)C)[C@@H](O)c1ccc(C)cc1. The quantitative estimate of drug-likeness (QED) is 0.475. The third kappa shape index (κ3) is 6.77. The summed E-state index contributed by atoms with van der Waals surface area (Å²) in [5, 5.41) is 11.2. The fraction of sp³-hybridized carbons (Fsp3) is 0.458. The molecule has 0 saturated carbocycles.